The van der Waals surface area contributed by atoms with Crippen LogP contribution >= 0.6 is 68.6 Å². The van der Waals surface area contributed by atoms with Crippen molar-refractivity contribution in [2.24, 2.45) is 0 Å². The fraction of sp³-hybridized carbons (Fsp3) is 0.412. The van der Waals surface area contributed by atoms with Gasteiger partial charge in [-0.25, -0.2) is 15.0 Å². The Kier molecular flexibility index (Phi) is 19.1. The molecule has 11 aromatic rings. The van der Waals surface area contributed by atoms with Crippen LogP contribution in [-0.4, -0.2) is 146 Å². The third-order valence-electron chi connectivity index (χ3n) is 19.1. The number of nitrogens with one attached hydrogen (secondary N) is 9. The summed E-state index contributed by atoms with van der Waals surface area (Å²) in [4.78, 5) is 65.3. The molecule has 1 aliphatic heterocycles. The van der Waals surface area contributed by atoms with Crippen molar-refractivity contribution in [2.45, 2.75) is 158 Å². The van der Waals surface area contributed by atoms with Crippen molar-refractivity contribution in [2.75, 3.05) is 62.7 Å². The van der Waals surface area contributed by atoms with Crippen LogP contribution in [0.25, 0.3) is 51.7 Å². The molecule has 0 bridgehead atoms. The van der Waals surface area contributed by atoms with Gasteiger partial charge in [-0.2, -0.15) is 28.1 Å². The van der Waals surface area contributed by atoms with Gasteiger partial charge in [-0.1, -0.05) is 12.1 Å². The van der Waals surface area contributed by atoms with Crippen LogP contribution in [0.15, 0.2) is 84.4 Å². The van der Waals surface area contributed by atoms with Gasteiger partial charge >= 0.3 is 0 Å². The molecule has 15 rings (SSSR count). The largest absolute Gasteiger partial charge is 0.390 e. The summed E-state index contributed by atoms with van der Waals surface area (Å²) in [5.74, 6) is 2.56. The molecule has 100 heavy (non-hydrogen) atoms. The summed E-state index contributed by atoms with van der Waals surface area (Å²) in [5, 5.41) is 77.4. The zero-order valence-electron chi connectivity index (χ0n) is 55.3. The van der Waals surface area contributed by atoms with E-state index < -0.39 is 28.9 Å². The predicted molar refractivity (Wildman–Crippen MR) is 401 cm³/mol. The molecule has 13 N–H and O–H groups in total. The van der Waals surface area contributed by atoms with E-state index in [4.69, 9.17) is 34.9 Å². The first-order chi connectivity index (χ1) is 48.2. The summed E-state index contributed by atoms with van der Waals surface area (Å²) < 4.78 is 16.2. The van der Waals surface area contributed by atoms with E-state index in [1.807, 2.05) is 80.7 Å². The van der Waals surface area contributed by atoms with Crippen molar-refractivity contribution in [1.82, 2.24) is 58.2 Å². The summed E-state index contributed by atoms with van der Waals surface area (Å²) in [6.45, 7) is 7.54. The number of piperidine rings is 1. The number of aliphatic hydroxyl groups excluding tert-OH is 1. The lowest BCUT2D eigenvalue weighted by Gasteiger charge is -2.33. The van der Waals surface area contributed by atoms with Gasteiger partial charge in [0, 0.05) is 52.9 Å². The monoisotopic (exact) mass is 1460 g/mol. The highest BCUT2D eigenvalue weighted by atomic mass is 32.1. The SMILES string of the molecule is CN1CCC(NC(=O)c2cc(Nc3nc(NC4CCC(C)(O)CC4)c4sc(-c5ccc(NC(=O)c6cc(Nc7nc(NC8CCC(C)(O)CC8)c8sc(-c9ccc(NC(O)c%10cc(Nc%11nc(NC%12CCC(C)(O)CC%12)c%12sccc%12n%11)sn%10)cn9)cc8n7)sn6)cc5)cc4n3)sn2)CC1. The molecular formula is C68H76N20O6S6. The van der Waals surface area contributed by atoms with E-state index in [1.165, 1.54) is 34.4 Å². The fourth-order valence-corrected chi connectivity index (χ4v) is 17.9. The minimum atomic E-state index is -1.14. The number of carbonyl (C=O) groups is 2. The number of thiophene rings is 3. The third-order valence-corrected chi connectivity index (χ3v) is 24.4. The quantitative estimate of drug-likeness (QED) is 0.0297. The molecule has 4 aliphatic rings. The summed E-state index contributed by atoms with van der Waals surface area (Å²) in [6.07, 6.45) is 11.2. The molecule has 32 heteroatoms. The molecule has 0 spiro atoms. The van der Waals surface area contributed by atoms with Crippen LogP contribution in [0.4, 0.5) is 61.7 Å². The highest BCUT2D eigenvalue weighted by Gasteiger charge is 2.33. The molecule has 1 atom stereocenters. The molecule has 1 unspecified atom stereocenters. The lowest BCUT2D eigenvalue weighted by atomic mass is 9.84. The number of carbonyl (C=O) groups excluding carboxylic acids is 2. The van der Waals surface area contributed by atoms with Crippen molar-refractivity contribution in [1.29, 1.82) is 0 Å². The van der Waals surface area contributed by atoms with Gasteiger partial charge in [0.1, 0.15) is 49.5 Å². The number of hydrogen-bond acceptors (Lipinski definition) is 30. The summed E-state index contributed by atoms with van der Waals surface area (Å²) >= 11 is 8.13. The van der Waals surface area contributed by atoms with E-state index in [0.29, 0.717) is 104 Å². The molecule has 0 radical (unpaired) electrons. The van der Waals surface area contributed by atoms with Crippen molar-refractivity contribution >= 4 is 173 Å². The predicted octanol–water partition coefficient (Wildman–Crippen LogP) is 13.5. The van der Waals surface area contributed by atoms with Gasteiger partial charge in [-0.05, 0) is 219 Å². The summed E-state index contributed by atoms with van der Waals surface area (Å²) in [5.41, 5.74) is 3.91. The lowest BCUT2D eigenvalue weighted by Crippen LogP contribution is -2.43. The topological polar surface area (TPSA) is 355 Å². The van der Waals surface area contributed by atoms with E-state index in [-0.39, 0.29) is 35.8 Å². The van der Waals surface area contributed by atoms with E-state index >= 15 is 0 Å². The fourth-order valence-electron chi connectivity index (χ4n) is 13.1. The molecule has 10 aromatic heterocycles. The van der Waals surface area contributed by atoms with Crippen LogP contribution in [0.5, 0.6) is 0 Å². The van der Waals surface area contributed by atoms with Crippen LogP contribution in [0, 0.1) is 0 Å². The Labute approximate surface area is 599 Å². The van der Waals surface area contributed by atoms with Crippen molar-refractivity contribution < 1.29 is 30.0 Å². The molecule has 1 saturated heterocycles. The Hall–Kier alpha value is -8.28. The maximum absolute atomic E-state index is 13.8. The Morgan fingerprint density at radius 1 is 0.530 bits per heavy atom. The molecule has 11 heterocycles. The van der Waals surface area contributed by atoms with Gasteiger partial charge in [0.2, 0.25) is 17.8 Å². The van der Waals surface area contributed by atoms with Crippen LogP contribution in [0.3, 0.4) is 0 Å². The lowest BCUT2D eigenvalue weighted by molar-refractivity contribution is 0.0192. The van der Waals surface area contributed by atoms with Crippen LogP contribution in [0.2, 0.25) is 0 Å². The second-order valence-corrected chi connectivity index (χ2v) is 32.9. The highest BCUT2D eigenvalue weighted by Crippen LogP contribution is 2.43. The smallest absolute Gasteiger partial charge is 0.275 e. The third kappa shape index (κ3) is 15.9. The molecule has 1 aromatic carbocycles. The summed E-state index contributed by atoms with van der Waals surface area (Å²) in [7, 11) is 2.09. The average molecular weight is 1460 g/mol. The van der Waals surface area contributed by atoms with Gasteiger partial charge in [0.05, 0.1) is 69.9 Å². The Morgan fingerprint density at radius 2 is 1.01 bits per heavy atom. The number of anilines is 11. The number of nitrogens with zero attached hydrogens (tertiary/aromatic N) is 11. The first-order valence-corrected chi connectivity index (χ1v) is 38.4. The number of hydrogen-bond donors (Lipinski definition) is 13. The standard InChI is InChI=1S/C68H76N20O6S6/c1-66(92)20-11-37(12-21-66)70-57-54-43(19-28-95-54)76-63(82-57)79-51-33-48(87-98-51)62(91)75-41-9-10-42(69-34-41)50-30-45-56(97-50)59(72-39-15-24-68(3,94)25-16-39)84-65(78-45)81-52-31-46(85-99-52)60(89)73-36-7-5-35(6-8-36)49-29-44-55(96-49)58(71-38-13-22-67(2,93)23-14-38)83-64(77-44)80-53-32-47(86-100-53)61(90)74-40-17-26-88(4)27-18-40/h5-10,19,28-34,37-40,62,75,91-94H,11-18,20-27H2,1-4H3,(H,73,89)(H,74,90)(H2,70,76,79,82)(H2,71,77,80,83)(H2,72,78,81,84). The molecule has 2 amide bonds. The van der Waals surface area contributed by atoms with Gasteiger partial charge in [-0.15, -0.1) is 34.0 Å². The number of fused-ring (bicyclic) bond motifs is 3. The maximum atomic E-state index is 13.8. The number of pyridine rings is 1. The molecule has 4 fully saturated rings. The zero-order chi connectivity index (χ0) is 68.9. The first-order valence-electron chi connectivity index (χ1n) is 33.6. The molecule has 26 nitrogen and oxygen atoms in total. The van der Waals surface area contributed by atoms with E-state index in [1.54, 1.807) is 47.1 Å². The normalized spacial score (nSPS) is 22.5. The van der Waals surface area contributed by atoms with Gasteiger partial charge in [0.15, 0.2) is 6.23 Å². The van der Waals surface area contributed by atoms with Gasteiger partial charge in [-0.3, -0.25) is 14.6 Å². The second-order valence-electron chi connectivity index (χ2n) is 27.4. The number of aromatic nitrogens is 10. The van der Waals surface area contributed by atoms with Crippen LogP contribution < -0.4 is 47.9 Å². The Morgan fingerprint density at radius 3 is 1.55 bits per heavy atom. The Bertz CT molecular complexity index is 4740. The minimum Gasteiger partial charge on any atom is -0.390 e. The van der Waals surface area contributed by atoms with Gasteiger partial charge in [0.25, 0.3) is 11.8 Å². The maximum Gasteiger partial charge on any atom is 0.275 e. The highest BCUT2D eigenvalue weighted by molar-refractivity contribution is 7.23. The molecular weight excluding hydrogens is 1390 g/mol. The van der Waals surface area contributed by atoms with Crippen molar-refractivity contribution in [3.8, 4) is 21.0 Å². The van der Waals surface area contributed by atoms with Crippen molar-refractivity contribution in [3.05, 3.63) is 101 Å². The average Bonchev–Trinajstić information content (AvgIpc) is 1.62. The summed E-state index contributed by atoms with van der Waals surface area (Å²) in [6, 6.07) is 22.9. The molecule has 3 aliphatic carbocycles. The number of amides is 2. The molecule has 3 saturated carbocycles. The number of aliphatic hydroxyl groups is 4. The number of benzene rings is 1. The molecule has 520 valence electrons. The van der Waals surface area contributed by atoms with Crippen LogP contribution in [-0.2, 0) is 0 Å². The van der Waals surface area contributed by atoms with E-state index in [2.05, 4.69) is 72.9 Å². The van der Waals surface area contributed by atoms with Gasteiger partial charge < -0.3 is 73.2 Å². The van der Waals surface area contributed by atoms with Crippen LogP contribution in [0.1, 0.15) is 144 Å². The minimum absolute atomic E-state index is 0.0640. The zero-order valence-corrected chi connectivity index (χ0v) is 60.2. The first kappa shape index (κ1) is 67.5. The number of likely N-dealkylation sites (tertiary alicyclic amines) is 1. The number of rotatable bonds is 21. The second kappa shape index (κ2) is 28.3. The van der Waals surface area contributed by atoms with Crippen molar-refractivity contribution in [3.63, 3.8) is 0 Å². The van der Waals surface area contributed by atoms with E-state index in [9.17, 15) is 30.0 Å². The van der Waals surface area contributed by atoms with E-state index in [0.717, 1.165) is 135 Å². The Balaban J connectivity index is 0.599.